The molecule has 0 bridgehead atoms. The van der Waals surface area contributed by atoms with Gasteiger partial charge in [0.25, 0.3) is 0 Å². The number of hydrogen-bond acceptors (Lipinski definition) is 3. The lowest BCUT2D eigenvalue weighted by Gasteiger charge is -2.20. The van der Waals surface area contributed by atoms with Crippen molar-refractivity contribution >= 4 is 5.97 Å². The number of carboxylic acid groups (broad SMARTS) is 1. The van der Waals surface area contributed by atoms with Crippen molar-refractivity contribution in [1.29, 1.82) is 0 Å². The third-order valence-electron chi connectivity index (χ3n) is 2.37. The fourth-order valence-electron chi connectivity index (χ4n) is 1.29. The molecule has 1 aromatic rings. The molecule has 0 spiro atoms. The lowest BCUT2D eigenvalue weighted by Crippen LogP contribution is -2.26. The number of hydrogen-bond donors (Lipinski definition) is 1. The molecule has 4 heteroatoms. The second-order valence-electron chi connectivity index (χ2n) is 4.84. The summed E-state index contributed by atoms with van der Waals surface area (Å²) in [6.07, 6.45) is 5.33. The highest BCUT2D eigenvalue weighted by atomic mass is 16.5. The molecule has 0 atom stereocenters. The quantitative estimate of drug-likeness (QED) is 0.831. The van der Waals surface area contributed by atoms with Crippen LogP contribution in [0.4, 0.5) is 0 Å². The largest absolute Gasteiger partial charge is 0.478 e. The number of carbonyl (C=O) groups is 1. The van der Waals surface area contributed by atoms with Gasteiger partial charge in [0.15, 0.2) is 5.60 Å². The van der Waals surface area contributed by atoms with Gasteiger partial charge >= 0.3 is 5.97 Å². The van der Waals surface area contributed by atoms with Gasteiger partial charge in [-0.1, -0.05) is 19.8 Å². The predicted molar refractivity (Wildman–Crippen MR) is 68.8 cm³/mol. The number of aromatic carboxylic acids is 1. The number of terminal acetylenes is 1. The van der Waals surface area contributed by atoms with Gasteiger partial charge in [-0.3, -0.25) is 0 Å². The van der Waals surface area contributed by atoms with Gasteiger partial charge in [-0.25, -0.2) is 9.78 Å². The van der Waals surface area contributed by atoms with E-state index in [2.05, 4.69) is 10.9 Å². The molecule has 0 saturated carbocycles. The average molecular weight is 247 g/mol. The van der Waals surface area contributed by atoms with Crippen LogP contribution in [0.15, 0.2) is 12.1 Å². The molecule has 0 fully saturated rings. The molecule has 0 saturated heterocycles. The van der Waals surface area contributed by atoms with Crippen LogP contribution in [0.5, 0.6) is 5.88 Å². The van der Waals surface area contributed by atoms with Crippen molar-refractivity contribution in [2.24, 2.45) is 0 Å². The molecular formula is C14H17NO3. The van der Waals surface area contributed by atoms with E-state index < -0.39 is 11.6 Å². The summed E-state index contributed by atoms with van der Waals surface area (Å²) < 4.78 is 5.52. The predicted octanol–water partition coefficient (Wildman–Crippen LogP) is 2.69. The zero-order valence-electron chi connectivity index (χ0n) is 11.0. The van der Waals surface area contributed by atoms with Crippen LogP contribution in [0, 0.1) is 12.3 Å². The molecule has 0 aromatic carbocycles. The van der Waals surface area contributed by atoms with Crippen LogP contribution in [0.2, 0.25) is 0 Å². The van der Waals surface area contributed by atoms with E-state index in [1.807, 2.05) is 13.8 Å². The first-order valence-corrected chi connectivity index (χ1v) is 5.67. The molecule has 1 heterocycles. The van der Waals surface area contributed by atoms with E-state index in [1.165, 1.54) is 6.07 Å². The van der Waals surface area contributed by atoms with E-state index in [0.29, 0.717) is 5.69 Å². The Balaban J connectivity index is 3.20. The summed E-state index contributed by atoms with van der Waals surface area (Å²) in [6, 6.07) is 2.93. The molecule has 0 unspecified atom stereocenters. The maximum Gasteiger partial charge on any atom is 0.335 e. The Morgan fingerprint density at radius 1 is 1.50 bits per heavy atom. The van der Waals surface area contributed by atoms with E-state index in [-0.39, 0.29) is 17.4 Å². The van der Waals surface area contributed by atoms with Crippen LogP contribution in [-0.2, 0) is 0 Å². The molecule has 1 rings (SSSR count). The third kappa shape index (κ3) is 3.49. The highest BCUT2D eigenvalue weighted by molar-refractivity contribution is 5.88. The SMILES string of the molecule is C#CC(C)(C)Oc1cc(C(=O)O)cc(C(C)C)n1. The van der Waals surface area contributed by atoms with E-state index in [1.54, 1.807) is 19.9 Å². The first kappa shape index (κ1) is 14.0. The lowest BCUT2D eigenvalue weighted by molar-refractivity contribution is 0.0694. The second kappa shape index (κ2) is 5.09. The van der Waals surface area contributed by atoms with Gasteiger partial charge < -0.3 is 9.84 Å². The lowest BCUT2D eigenvalue weighted by atomic mass is 10.1. The van der Waals surface area contributed by atoms with E-state index in [4.69, 9.17) is 16.3 Å². The maximum absolute atomic E-state index is 11.0. The molecule has 0 aliphatic carbocycles. The molecule has 1 aromatic heterocycles. The van der Waals surface area contributed by atoms with Crippen molar-refractivity contribution in [2.75, 3.05) is 0 Å². The standard InChI is InChI=1S/C14H17NO3/c1-6-14(4,5)18-12-8-10(13(16)17)7-11(15-12)9(2)3/h1,7-9H,2-5H3,(H,16,17). The minimum atomic E-state index is -1.01. The van der Waals surface area contributed by atoms with Crippen molar-refractivity contribution in [2.45, 2.75) is 39.2 Å². The first-order valence-electron chi connectivity index (χ1n) is 5.67. The minimum Gasteiger partial charge on any atom is -0.478 e. The molecule has 96 valence electrons. The topological polar surface area (TPSA) is 59.4 Å². The van der Waals surface area contributed by atoms with E-state index >= 15 is 0 Å². The Morgan fingerprint density at radius 3 is 2.56 bits per heavy atom. The Bertz CT molecular complexity index is 498. The number of ether oxygens (including phenoxy) is 1. The number of nitrogens with zero attached hydrogens (tertiary/aromatic N) is 1. The summed E-state index contributed by atoms with van der Waals surface area (Å²) in [5.41, 5.74) is -0.00694. The van der Waals surface area contributed by atoms with Gasteiger partial charge in [0, 0.05) is 11.8 Å². The Kier molecular flexibility index (Phi) is 3.97. The van der Waals surface area contributed by atoms with Crippen molar-refractivity contribution in [3.63, 3.8) is 0 Å². The van der Waals surface area contributed by atoms with Crippen LogP contribution in [0.25, 0.3) is 0 Å². The smallest absolute Gasteiger partial charge is 0.335 e. The Hall–Kier alpha value is -2.02. The van der Waals surface area contributed by atoms with Gasteiger partial charge in [-0.15, -0.1) is 6.42 Å². The fraction of sp³-hybridized carbons (Fsp3) is 0.429. The van der Waals surface area contributed by atoms with Gasteiger partial charge in [-0.05, 0) is 25.8 Å². The van der Waals surface area contributed by atoms with Crippen molar-refractivity contribution < 1.29 is 14.6 Å². The molecule has 18 heavy (non-hydrogen) atoms. The molecule has 0 radical (unpaired) electrons. The first-order chi connectivity index (χ1) is 8.25. The van der Waals surface area contributed by atoms with Crippen molar-refractivity contribution in [1.82, 2.24) is 4.98 Å². The van der Waals surface area contributed by atoms with Gasteiger partial charge in [0.2, 0.25) is 5.88 Å². The molecule has 0 amide bonds. The minimum absolute atomic E-state index is 0.112. The fourth-order valence-corrected chi connectivity index (χ4v) is 1.29. The summed E-state index contributed by atoms with van der Waals surface area (Å²) in [7, 11) is 0. The van der Waals surface area contributed by atoms with E-state index in [9.17, 15) is 4.79 Å². The molecule has 0 aliphatic heterocycles. The van der Waals surface area contributed by atoms with Crippen LogP contribution in [0.1, 0.15) is 49.7 Å². The highest BCUT2D eigenvalue weighted by Gasteiger charge is 2.19. The summed E-state index contributed by atoms with van der Waals surface area (Å²) in [5, 5.41) is 9.05. The molecule has 1 N–H and O–H groups in total. The van der Waals surface area contributed by atoms with Gasteiger partial charge in [-0.2, -0.15) is 0 Å². The molecule has 0 aliphatic rings. The van der Waals surface area contributed by atoms with Gasteiger partial charge in [0.1, 0.15) is 0 Å². The van der Waals surface area contributed by atoms with Gasteiger partial charge in [0.05, 0.1) is 5.56 Å². The maximum atomic E-state index is 11.0. The summed E-state index contributed by atoms with van der Waals surface area (Å²) in [6.45, 7) is 7.31. The van der Waals surface area contributed by atoms with Crippen LogP contribution < -0.4 is 4.74 Å². The third-order valence-corrected chi connectivity index (χ3v) is 2.37. The number of aromatic nitrogens is 1. The average Bonchev–Trinajstić information content (AvgIpc) is 2.27. The van der Waals surface area contributed by atoms with Crippen LogP contribution in [-0.4, -0.2) is 21.7 Å². The summed E-state index contributed by atoms with van der Waals surface area (Å²) in [4.78, 5) is 15.3. The number of rotatable bonds is 4. The van der Waals surface area contributed by atoms with Crippen molar-refractivity contribution in [3.05, 3.63) is 23.4 Å². The number of carboxylic acids is 1. The summed E-state index contributed by atoms with van der Waals surface area (Å²) >= 11 is 0. The van der Waals surface area contributed by atoms with Crippen LogP contribution >= 0.6 is 0 Å². The monoisotopic (exact) mass is 247 g/mol. The summed E-state index contributed by atoms with van der Waals surface area (Å²) in [5.74, 6) is 1.82. The molecule has 4 nitrogen and oxygen atoms in total. The Morgan fingerprint density at radius 2 is 2.11 bits per heavy atom. The highest BCUT2D eigenvalue weighted by Crippen LogP contribution is 2.22. The zero-order chi connectivity index (χ0) is 13.9. The normalized spacial score (nSPS) is 11.1. The Labute approximate surface area is 107 Å². The van der Waals surface area contributed by atoms with E-state index in [0.717, 1.165) is 0 Å². The van der Waals surface area contributed by atoms with Crippen molar-refractivity contribution in [3.8, 4) is 18.2 Å². The zero-order valence-corrected chi connectivity index (χ0v) is 11.0. The number of pyridine rings is 1. The van der Waals surface area contributed by atoms with Crippen LogP contribution in [0.3, 0.4) is 0 Å². The second-order valence-corrected chi connectivity index (χ2v) is 4.84. The molecular weight excluding hydrogens is 230 g/mol.